The first kappa shape index (κ1) is 33.9. The molecule has 5 atom stereocenters. The van der Waals surface area contributed by atoms with Crippen LogP contribution in [0.4, 0.5) is 20.3 Å². The van der Waals surface area contributed by atoms with Gasteiger partial charge in [0.25, 0.3) is 5.91 Å². The first-order valence-corrected chi connectivity index (χ1v) is 20.0. The maximum Gasteiger partial charge on any atom is 0.414 e. The van der Waals surface area contributed by atoms with Crippen LogP contribution in [0.25, 0.3) is 0 Å². The predicted octanol–water partition coefficient (Wildman–Crippen LogP) is 5.78. The number of carbonyl (C=O) groups excluding carboxylic acids is 2. The second-order valence-corrected chi connectivity index (χ2v) is 17.6. The van der Waals surface area contributed by atoms with Gasteiger partial charge in [-0.25, -0.2) is 4.79 Å². The molecule has 7 rings (SSSR count). The molecule has 3 aromatic carbocycles. The van der Waals surface area contributed by atoms with Crippen molar-refractivity contribution in [3.63, 3.8) is 0 Å². The van der Waals surface area contributed by atoms with E-state index in [-0.39, 0.29) is 31.1 Å². The molecule has 3 aliphatic heterocycles. The molecule has 1 unspecified atom stereocenters. The highest BCUT2D eigenvalue weighted by molar-refractivity contribution is 6.72. The van der Waals surface area contributed by atoms with Crippen molar-refractivity contribution >= 4 is 31.8 Å². The van der Waals surface area contributed by atoms with Crippen molar-refractivity contribution in [2.24, 2.45) is 5.92 Å². The molecule has 11 nitrogen and oxygen atoms in total. The fourth-order valence-corrected chi connectivity index (χ4v) is 10.6. The topological polar surface area (TPSA) is 119 Å². The fourth-order valence-electron chi connectivity index (χ4n) is 8.07. The summed E-state index contributed by atoms with van der Waals surface area (Å²) >= 11 is 0. The normalized spacial score (nSPS) is 23.8. The van der Waals surface area contributed by atoms with E-state index in [4.69, 9.17) is 14.2 Å². The van der Waals surface area contributed by atoms with E-state index in [1.807, 2.05) is 85.9 Å². The lowest BCUT2D eigenvalue weighted by molar-refractivity contribution is -0.146. The number of cyclic esters (lactones) is 1. The van der Waals surface area contributed by atoms with Gasteiger partial charge in [-0.1, -0.05) is 54.6 Å². The zero-order chi connectivity index (χ0) is 35.2. The van der Waals surface area contributed by atoms with Crippen LogP contribution in [0.2, 0.25) is 18.6 Å². The molecule has 1 N–H and O–H groups in total. The largest absolute Gasteiger partial charge is 0.497 e. The summed E-state index contributed by atoms with van der Waals surface area (Å²) < 4.78 is 35.7. The number of ether oxygens (including phenoxy) is 3. The molecule has 13 heteroatoms. The highest BCUT2D eigenvalue weighted by Gasteiger charge is 2.66. The predicted molar refractivity (Wildman–Crippen MR) is 187 cm³/mol. The Balaban J connectivity index is 1.17. The molecule has 4 heterocycles. The van der Waals surface area contributed by atoms with Gasteiger partial charge in [-0.15, -0.1) is 5.10 Å². The summed E-state index contributed by atoms with van der Waals surface area (Å²) in [5, 5.41) is 18.8. The Morgan fingerprint density at radius 3 is 2.52 bits per heavy atom. The van der Waals surface area contributed by atoms with Crippen LogP contribution in [0.1, 0.15) is 41.6 Å². The number of methoxy groups -OCH3 is 1. The number of aromatic nitrogens is 3. The Morgan fingerprint density at radius 1 is 1.10 bits per heavy atom. The molecular formula is C37H42FN5O6Si. The molecule has 0 bridgehead atoms. The van der Waals surface area contributed by atoms with Crippen LogP contribution < -0.4 is 14.5 Å². The number of aliphatic hydroxyl groups excluding tert-OH is 1. The third kappa shape index (κ3) is 5.86. The molecular weight excluding hydrogens is 658 g/mol. The minimum Gasteiger partial charge on any atom is -0.497 e. The lowest BCUT2D eigenvalue weighted by Crippen LogP contribution is -2.45. The van der Waals surface area contributed by atoms with Crippen LogP contribution in [-0.2, 0) is 33.0 Å². The van der Waals surface area contributed by atoms with Crippen molar-refractivity contribution < 1.29 is 33.0 Å². The van der Waals surface area contributed by atoms with E-state index < -0.39 is 31.6 Å². The molecule has 50 heavy (non-hydrogen) atoms. The van der Waals surface area contributed by atoms with E-state index in [0.29, 0.717) is 48.8 Å². The van der Waals surface area contributed by atoms with Gasteiger partial charge in [0, 0.05) is 35.5 Å². The average molecular weight is 700 g/mol. The van der Waals surface area contributed by atoms with Gasteiger partial charge in [-0.05, 0) is 61.0 Å². The number of halogens is 1. The number of aryl methyl sites for hydroxylation is 1. The maximum atomic E-state index is 16.4. The van der Waals surface area contributed by atoms with Gasteiger partial charge >= 0.3 is 6.09 Å². The lowest BCUT2D eigenvalue weighted by atomic mass is 9.82. The van der Waals surface area contributed by atoms with Gasteiger partial charge in [0.1, 0.15) is 12.4 Å². The Morgan fingerprint density at radius 2 is 1.86 bits per heavy atom. The molecule has 0 radical (unpaired) electrons. The van der Waals surface area contributed by atoms with Gasteiger partial charge in [0.2, 0.25) is 8.41 Å². The SMILES string of the molecule is COc1ccc2c(c1)[C@]1(O[C@@H](CCn3cc(C(CO)c4ccccc4)nn3)[C@H]([Si](C)(C)F)[C@H]1C)C(=O)N2Cc1ccc(N2CCOC2=O)cc1. The molecule has 1 spiro atoms. The molecule has 3 aliphatic rings. The summed E-state index contributed by atoms with van der Waals surface area (Å²) in [4.78, 5) is 30.2. The van der Waals surface area contributed by atoms with Crippen LogP contribution in [0.3, 0.4) is 0 Å². The minimum atomic E-state index is -3.39. The lowest BCUT2D eigenvalue weighted by Gasteiger charge is -2.31. The van der Waals surface area contributed by atoms with Crippen molar-refractivity contribution in [1.29, 1.82) is 0 Å². The van der Waals surface area contributed by atoms with Crippen molar-refractivity contribution in [2.45, 2.75) is 62.7 Å². The van der Waals surface area contributed by atoms with E-state index >= 15 is 4.11 Å². The Hall–Kier alpha value is -4.59. The number of nitrogens with zero attached hydrogens (tertiary/aromatic N) is 5. The second kappa shape index (κ2) is 13.3. The molecule has 2 amide bonds. The zero-order valence-corrected chi connectivity index (χ0v) is 29.7. The number of hydrogen-bond acceptors (Lipinski definition) is 8. The van der Waals surface area contributed by atoms with Gasteiger partial charge in [0.05, 0.1) is 50.2 Å². The van der Waals surface area contributed by atoms with E-state index in [1.54, 1.807) is 34.7 Å². The number of anilines is 2. The third-order valence-electron chi connectivity index (χ3n) is 10.5. The first-order chi connectivity index (χ1) is 24.0. The molecule has 2 saturated heterocycles. The third-order valence-corrected chi connectivity index (χ3v) is 12.9. The van der Waals surface area contributed by atoms with Crippen LogP contribution in [0, 0.1) is 5.92 Å². The molecule has 0 saturated carbocycles. The van der Waals surface area contributed by atoms with Crippen molar-refractivity contribution in [3.05, 3.63) is 101 Å². The molecule has 0 aliphatic carbocycles. The Labute approximate surface area is 291 Å². The number of carbonyl (C=O) groups is 2. The first-order valence-electron chi connectivity index (χ1n) is 17.0. The number of benzene rings is 3. The summed E-state index contributed by atoms with van der Waals surface area (Å²) in [6.45, 7) is 6.69. The Kier molecular flexibility index (Phi) is 8.99. The minimum absolute atomic E-state index is 0.114. The second-order valence-electron chi connectivity index (χ2n) is 13.8. The average Bonchev–Trinajstić information content (AvgIpc) is 3.88. The monoisotopic (exact) mass is 699 g/mol. The number of aliphatic hydroxyl groups is 1. The maximum absolute atomic E-state index is 16.4. The van der Waals surface area contributed by atoms with Crippen molar-refractivity contribution in [2.75, 3.05) is 36.7 Å². The van der Waals surface area contributed by atoms with Crippen LogP contribution in [0.15, 0.2) is 79.0 Å². The summed E-state index contributed by atoms with van der Waals surface area (Å²) in [5.41, 5.74) is 2.66. The van der Waals surface area contributed by atoms with Crippen molar-refractivity contribution in [3.8, 4) is 5.75 Å². The van der Waals surface area contributed by atoms with E-state index in [0.717, 1.165) is 16.8 Å². The summed E-state index contributed by atoms with van der Waals surface area (Å²) in [5.74, 6) is -0.432. The van der Waals surface area contributed by atoms with Gasteiger partial charge in [0.15, 0.2) is 5.60 Å². The number of fused-ring (bicyclic) bond motifs is 2. The van der Waals surface area contributed by atoms with Gasteiger partial charge < -0.3 is 28.3 Å². The molecule has 262 valence electrons. The smallest absolute Gasteiger partial charge is 0.414 e. The van der Waals surface area contributed by atoms with E-state index in [2.05, 4.69) is 10.3 Å². The Bertz CT molecular complexity index is 1870. The number of rotatable bonds is 11. The zero-order valence-electron chi connectivity index (χ0n) is 28.7. The summed E-state index contributed by atoms with van der Waals surface area (Å²) in [6.07, 6.45) is 1.30. The highest BCUT2D eigenvalue weighted by Crippen LogP contribution is 2.60. The molecule has 1 aromatic heterocycles. The van der Waals surface area contributed by atoms with Crippen LogP contribution in [-0.4, -0.2) is 73.5 Å². The van der Waals surface area contributed by atoms with Crippen LogP contribution in [0.5, 0.6) is 5.75 Å². The van der Waals surface area contributed by atoms with E-state index in [1.165, 1.54) is 0 Å². The molecule has 4 aromatic rings. The van der Waals surface area contributed by atoms with Gasteiger partial charge in [-0.2, -0.15) is 0 Å². The number of amides is 2. The van der Waals surface area contributed by atoms with Gasteiger partial charge in [-0.3, -0.25) is 14.4 Å². The highest BCUT2D eigenvalue weighted by atomic mass is 28.4. The van der Waals surface area contributed by atoms with E-state index in [9.17, 15) is 14.7 Å². The fraction of sp³-hybridized carbons (Fsp3) is 0.405. The van der Waals surface area contributed by atoms with Crippen molar-refractivity contribution in [1.82, 2.24) is 15.0 Å². The molecule has 2 fully saturated rings. The quantitative estimate of drug-likeness (QED) is 0.155. The summed E-state index contributed by atoms with van der Waals surface area (Å²) in [6, 6.07) is 22.7. The van der Waals surface area contributed by atoms with Crippen LogP contribution >= 0.6 is 0 Å². The summed E-state index contributed by atoms with van der Waals surface area (Å²) in [7, 11) is -1.81. The number of hydrogen-bond donors (Lipinski definition) is 1. The standard InChI is InChI=1S/C37H42FN5O6Si/c1-24-34(50(3,4)38)33(16-17-41-22-31(39-40-41)29(23-44)26-8-6-5-7-9-26)49-37(24)30-20-28(47-2)14-15-32(30)43(35(37)45)21-25-10-12-27(13-11-25)42-18-19-48-36(42)46/h5-15,20,22,24,29,33-34,44H,16-19,21,23H2,1-4H3/t24-,29?,33+,34-,37+/m1/s1.